The summed E-state index contributed by atoms with van der Waals surface area (Å²) >= 11 is 0. The van der Waals surface area contributed by atoms with Crippen LogP contribution >= 0.6 is 0 Å². The van der Waals surface area contributed by atoms with E-state index < -0.39 is 17.5 Å². The van der Waals surface area contributed by atoms with Crippen molar-refractivity contribution >= 4 is 6.09 Å². The predicted octanol–water partition coefficient (Wildman–Crippen LogP) is 2.05. The van der Waals surface area contributed by atoms with Gasteiger partial charge in [-0.1, -0.05) is 0 Å². The maximum absolute atomic E-state index is 12.6. The van der Waals surface area contributed by atoms with E-state index in [9.17, 15) is 9.18 Å². The third kappa shape index (κ3) is 4.32. The van der Waals surface area contributed by atoms with Crippen molar-refractivity contribution in [3.63, 3.8) is 0 Å². The van der Waals surface area contributed by atoms with Gasteiger partial charge in [-0.15, -0.1) is 0 Å². The first-order valence-corrected chi connectivity index (χ1v) is 6.45. The number of aromatic nitrogens is 2. The average Bonchev–Trinajstić information content (AvgIpc) is 2.26. The van der Waals surface area contributed by atoms with Crippen LogP contribution in [0.4, 0.5) is 9.18 Å². The summed E-state index contributed by atoms with van der Waals surface area (Å²) < 4.78 is 23.2. The van der Waals surface area contributed by atoms with Gasteiger partial charge in [-0.2, -0.15) is 0 Å². The van der Waals surface area contributed by atoms with Crippen molar-refractivity contribution in [2.45, 2.75) is 51.4 Å². The van der Waals surface area contributed by atoms with Crippen molar-refractivity contribution in [2.24, 2.45) is 0 Å². The van der Waals surface area contributed by atoms with Gasteiger partial charge in [0.2, 0.25) is 0 Å². The van der Waals surface area contributed by atoms with E-state index >= 15 is 0 Å². The number of nitrogens with one attached hydrogen (secondary N) is 1. The van der Waals surface area contributed by atoms with Crippen molar-refractivity contribution < 1.29 is 18.7 Å². The molecule has 2 rings (SSSR count). The number of alkyl carbamates (subject to hydrolysis) is 1. The number of ether oxygens (including phenoxy) is 2. The Labute approximate surface area is 116 Å². The molecule has 0 spiro atoms. The molecule has 1 heterocycles. The summed E-state index contributed by atoms with van der Waals surface area (Å²) in [6, 6.07) is 0.169. The smallest absolute Gasteiger partial charge is 0.407 e. The van der Waals surface area contributed by atoms with Gasteiger partial charge in [-0.05, 0) is 20.8 Å². The molecule has 0 aromatic carbocycles. The molecule has 110 valence electrons. The van der Waals surface area contributed by atoms with E-state index in [0.717, 1.165) is 12.4 Å². The van der Waals surface area contributed by atoms with Crippen LogP contribution in [0.5, 0.6) is 6.01 Å². The number of rotatable bonds is 3. The summed E-state index contributed by atoms with van der Waals surface area (Å²) in [5.74, 6) is -0.504. The number of carbonyl (C=O) groups excluding carboxylic acids is 1. The summed E-state index contributed by atoms with van der Waals surface area (Å²) in [5, 5.41) is 2.76. The topological polar surface area (TPSA) is 73.3 Å². The third-order valence-corrected chi connectivity index (χ3v) is 2.68. The van der Waals surface area contributed by atoms with E-state index in [0.29, 0.717) is 12.8 Å². The maximum atomic E-state index is 12.6. The predicted molar refractivity (Wildman–Crippen MR) is 68.8 cm³/mol. The Morgan fingerprint density at radius 2 is 1.95 bits per heavy atom. The molecule has 1 amide bonds. The molecular weight excluding hydrogens is 265 g/mol. The molecule has 0 aliphatic heterocycles. The third-order valence-electron chi connectivity index (χ3n) is 2.68. The first-order valence-electron chi connectivity index (χ1n) is 6.45. The molecule has 7 heteroatoms. The minimum atomic E-state index is -0.508. The van der Waals surface area contributed by atoms with E-state index in [4.69, 9.17) is 9.47 Å². The summed E-state index contributed by atoms with van der Waals surface area (Å²) in [6.45, 7) is 5.43. The van der Waals surface area contributed by atoms with Crippen molar-refractivity contribution in [3.8, 4) is 6.01 Å². The number of hydrogen-bond donors (Lipinski definition) is 1. The molecule has 1 aromatic heterocycles. The fraction of sp³-hybridized carbons (Fsp3) is 0.615. The molecule has 0 saturated heterocycles. The number of nitrogens with zero attached hydrogens (tertiary/aromatic N) is 2. The summed E-state index contributed by atoms with van der Waals surface area (Å²) in [6.07, 6.45) is 2.91. The molecule has 0 atom stereocenters. The highest BCUT2D eigenvalue weighted by Crippen LogP contribution is 2.24. The lowest BCUT2D eigenvalue weighted by Crippen LogP contribution is -2.50. The zero-order valence-corrected chi connectivity index (χ0v) is 11.7. The van der Waals surface area contributed by atoms with Gasteiger partial charge in [0, 0.05) is 18.9 Å². The highest BCUT2D eigenvalue weighted by Gasteiger charge is 2.33. The van der Waals surface area contributed by atoms with Crippen LogP contribution < -0.4 is 10.1 Å². The Morgan fingerprint density at radius 3 is 2.50 bits per heavy atom. The lowest BCUT2D eigenvalue weighted by Gasteiger charge is -2.35. The molecule has 0 radical (unpaired) electrons. The normalized spacial score (nSPS) is 21.8. The SMILES string of the molecule is CC(C)(C)OC(=O)N[C@H]1C[C@H](Oc2ncc(F)cn2)C1. The van der Waals surface area contributed by atoms with Crippen LogP contribution in [0.1, 0.15) is 33.6 Å². The van der Waals surface area contributed by atoms with Crippen molar-refractivity contribution in [2.75, 3.05) is 0 Å². The molecule has 1 aromatic rings. The van der Waals surface area contributed by atoms with Gasteiger partial charge in [0.05, 0.1) is 12.4 Å². The number of hydrogen-bond acceptors (Lipinski definition) is 5. The van der Waals surface area contributed by atoms with Gasteiger partial charge >= 0.3 is 12.1 Å². The molecular formula is C13H18FN3O3. The minimum absolute atomic E-state index is 0.0234. The van der Waals surface area contributed by atoms with E-state index in [-0.39, 0.29) is 18.2 Å². The van der Waals surface area contributed by atoms with Crippen LogP contribution in [0, 0.1) is 5.82 Å². The van der Waals surface area contributed by atoms with E-state index in [2.05, 4.69) is 15.3 Å². The van der Waals surface area contributed by atoms with Crippen LogP contribution in [0.25, 0.3) is 0 Å². The number of amides is 1. The van der Waals surface area contributed by atoms with Crippen molar-refractivity contribution in [1.29, 1.82) is 0 Å². The monoisotopic (exact) mass is 283 g/mol. The molecule has 0 unspecified atom stereocenters. The fourth-order valence-corrected chi connectivity index (χ4v) is 1.76. The van der Waals surface area contributed by atoms with Crippen LogP contribution in [0.3, 0.4) is 0 Å². The van der Waals surface area contributed by atoms with E-state index in [1.165, 1.54) is 0 Å². The second-order valence-electron chi connectivity index (χ2n) is 5.74. The zero-order valence-electron chi connectivity index (χ0n) is 11.7. The first-order chi connectivity index (χ1) is 9.32. The number of carbonyl (C=O) groups is 1. The van der Waals surface area contributed by atoms with Gasteiger partial charge in [0.25, 0.3) is 0 Å². The standard InChI is InChI=1S/C13H18FN3O3/c1-13(2,3)20-12(18)17-9-4-10(5-9)19-11-15-6-8(14)7-16-11/h6-7,9-10H,4-5H2,1-3H3,(H,17,18)/t9-,10-. The fourth-order valence-electron chi connectivity index (χ4n) is 1.76. The Balaban J connectivity index is 1.70. The van der Waals surface area contributed by atoms with E-state index in [1.54, 1.807) is 0 Å². The van der Waals surface area contributed by atoms with Crippen LogP contribution in [0.2, 0.25) is 0 Å². The van der Waals surface area contributed by atoms with Crippen LogP contribution in [-0.2, 0) is 4.74 Å². The Bertz CT molecular complexity index is 467. The lowest BCUT2D eigenvalue weighted by atomic mass is 9.89. The van der Waals surface area contributed by atoms with Gasteiger partial charge < -0.3 is 14.8 Å². The minimum Gasteiger partial charge on any atom is -0.460 e. The molecule has 1 aliphatic carbocycles. The second kappa shape index (κ2) is 5.60. The molecule has 20 heavy (non-hydrogen) atoms. The maximum Gasteiger partial charge on any atom is 0.407 e. The van der Waals surface area contributed by atoms with Crippen molar-refractivity contribution in [1.82, 2.24) is 15.3 Å². The number of halogens is 1. The highest BCUT2D eigenvalue weighted by molar-refractivity contribution is 5.68. The Hall–Kier alpha value is -1.92. The quantitative estimate of drug-likeness (QED) is 0.919. The lowest BCUT2D eigenvalue weighted by molar-refractivity contribution is 0.0344. The molecule has 0 bridgehead atoms. The zero-order chi connectivity index (χ0) is 14.8. The van der Waals surface area contributed by atoms with Gasteiger partial charge in [0.1, 0.15) is 11.7 Å². The van der Waals surface area contributed by atoms with Crippen LogP contribution in [0.15, 0.2) is 12.4 Å². The summed E-state index contributed by atoms with van der Waals surface area (Å²) in [4.78, 5) is 19.0. The first kappa shape index (κ1) is 14.5. The Kier molecular flexibility index (Phi) is 4.06. The van der Waals surface area contributed by atoms with E-state index in [1.807, 2.05) is 20.8 Å². The molecule has 1 N–H and O–H groups in total. The summed E-state index contributed by atoms with van der Waals surface area (Å²) in [7, 11) is 0. The molecule has 1 saturated carbocycles. The average molecular weight is 283 g/mol. The Morgan fingerprint density at radius 1 is 1.35 bits per heavy atom. The van der Waals surface area contributed by atoms with Crippen LogP contribution in [-0.4, -0.2) is 33.8 Å². The van der Waals surface area contributed by atoms with Gasteiger partial charge in [-0.25, -0.2) is 19.2 Å². The van der Waals surface area contributed by atoms with Gasteiger partial charge in [0.15, 0.2) is 5.82 Å². The van der Waals surface area contributed by atoms with Gasteiger partial charge in [-0.3, -0.25) is 0 Å². The van der Waals surface area contributed by atoms with Crippen molar-refractivity contribution in [3.05, 3.63) is 18.2 Å². The molecule has 1 fully saturated rings. The molecule has 6 nitrogen and oxygen atoms in total. The molecule has 1 aliphatic rings. The second-order valence-corrected chi connectivity index (χ2v) is 5.74. The summed E-state index contributed by atoms with van der Waals surface area (Å²) in [5.41, 5.74) is -0.508. The highest BCUT2D eigenvalue weighted by atomic mass is 19.1. The largest absolute Gasteiger partial charge is 0.460 e.